The van der Waals surface area contributed by atoms with Crippen molar-refractivity contribution in [1.82, 2.24) is 10.2 Å². The van der Waals surface area contributed by atoms with E-state index in [1.807, 2.05) is 0 Å². The smallest absolute Gasteiger partial charge is 0.258 e. The molecule has 0 radical (unpaired) electrons. The largest absolute Gasteiger partial charge is 0.486 e. The van der Waals surface area contributed by atoms with Crippen molar-refractivity contribution in [2.24, 2.45) is 0 Å². The number of nitrogens with zero attached hydrogens (tertiary/aromatic N) is 2. The number of carbonyl (C=O) groups is 1. The molecule has 6 heteroatoms. The van der Waals surface area contributed by atoms with Crippen LogP contribution < -0.4 is 14.8 Å². The molecular weight excluding hydrogens is 258 g/mol. The molecule has 0 aliphatic carbocycles. The molecule has 1 aromatic carbocycles. The Balaban J connectivity index is 1.92. The zero-order valence-electron chi connectivity index (χ0n) is 11.0. The fourth-order valence-electron chi connectivity index (χ4n) is 2.46. The third kappa shape index (κ3) is 2.17. The van der Waals surface area contributed by atoms with E-state index < -0.39 is 6.04 Å². The Kier molecular flexibility index (Phi) is 3.44. The number of nitriles is 1. The van der Waals surface area contributed by atoms with Crippen LogP contribution in [0.5, 0.6) is 11.5 Å². The fourth-order valence-corrected chi connectivity index (χ4v) is 2.46. The van der Waals surface area contributed by atoms with E-state index in [-0.39, 0.29) is 5.91 Å². The van der Waals surface area contributed by atoms with Crippen LogP contribution in [0.3, 0.4) is 0 Å². The number of carbonyl (C=O) groups excluding carboxylic acids is 1. The topological polar surface area (TPSA) is 74.6 Å². The standard InChI is InChI=1S/C14H15N3O3/c15-8-10-9-16-4-5-17(10)14(18)11-2-1-3-12-13(11)20-7-6-19-12/h1-3,10,16H,4-7,9H2. The van der Waals surface area contributed by atoms with Gasteiger partial charge in [-0.15, -0.1) is 0 Å². The molecule has 1 unspecified atom stereocenters. The van der Waals surface area contributed by atoms with Gasteiger partial charge in [0, 0.05) is 19.6 Å². The van der Waals surface area contributed by atoms with E-state index in [0.29, 0.717) is 49.9 Å². The quantitative estimate of drug-likeness (QED) is 0.801. The lowest BCUT2D eigenvalue weighted by Gasteiger charge is -2.32. The molecule has 0 spiro atoms. The SMILES string of the molecule is N#CC1CNCCN1C(=O)c1cccc2c1OCCO2. The molecule has 1 N–H and O–H groups in total. The van der Waals surface area contributed by atoms with Gasteiger partial charge in [-0.25, -0.2) is 0 Å². The van der Waals surface area contributed by atoms with Gasteiger partial charge in [0.25, 0.3) is 5.91 Å². The van der Waals surface area contributed by atoms with Gasteiger partial charge in [-0.1, -0.05) is 6.07 Å². The summed E-state index contributed by atoms with van der Waals surface area (Å²) in [5, 5.41) is 12.3. The zero-order chi connectivity index (χ0) is 13.9. The lowest BCUT2D eigenvalue weighted by molar-refractivity contribution is 0.0677. The average Bonchev–Trinajstić information content (AvgIpc) is 2.53. The summed E-state index contributed by atoms with van der Waals surface area (Å²) in [6.07, 6.45) is 0. The molecule has 3 rings (SSSR count). The summed E-state index contributed by atoms with van der Waals surface area (Å²) < 4.78 is 11.0. The minimum absolute atomic E-state index is 0.180. The van der Waals surface area contributed by atoms with Crippen molar-refractivity contribution >= 4 is 5.91 Å². The molecule has 2 aliphatic rings. The second-order valence-electron chi connectivity index (χ2n) is 4.68. The van der Waals surface area contributed by atoms with E-state index in [0.717, 1.165) is 0 Å². The highest BCUT2D eigenvalue weighted by Crippen LogP contribution is 2.34. The molecule has 20 heavy (non-hydrogen) atoms. The summed E-state index contributed by atoms with van der Waals surface area (Å²) in [5.74, 6) is 0.894. The highest BCUT2D eigenvalue weighted by Gasteiger charge is 2.30. The van der Waals surface area contributed by atoms with Crippen LogP contribution in [0.15, 0.2) is 18.2 Å². The number of amides is 1. The van der Waals surface area contributed by atoms with Crippen LogP contribution >= 0.6 is 0 Å². The van der Waals surface area contributed by atoms with Gasteiger partial charge >= 0.3 is 0 Å². The van der Waals surface area contributed by atoms with Gasteiger partial charge in [0.15, 0.2) is 11.5 Å². The molecule has 1 aromatic rings. The maximum Gasteiger partial charge on any atom is 0.258 e. The number of hydrogen-bond donors (Lipinski definition) is 1. The molecule has 2 heterocycles. The number of para-hydroxylation sites is 1. The van der Waals surface area contributed by atoms with Crippen LogP contribution in [0, 0.1) is 11.3 Å². The van der Waals surface area contributed by atoms with Crippen molar-refractivity contribution in [1.29, 1.82) is 5.26 Å². The third-order valence-electron chi connectivity index (χ3n) is 3.45. The normalized spacial score (nSPS) is 21.1. The first-order valence-electron chi connectivity index (χ1n) is 6.61. The lowest BCUT2D eigenvalue weighted by Crippen LogP contribution is -2.53. The van der Waals surface area contributed by atoms with Crippen LogP contribution in [0.4, 0.5) is 0 Å². The number of hydrogen-bond acceptors (Lipinski definition) is 5. The van der Waals surface area contributed by atoms with Gasteiger partial charge in [-0.05, 0) is 12.1 Å². The van der Waals surface area contributed by atoms with Crippen LogP contribution in [0.1, 0.15) is 10.4 Å². The van der Waals surface area contributed by atoms with Crippen molar-refractivity contribution in [2.45, 2.75) is 6.04 Å². The summed E-state index contributed by atoms with van der Waals surface area (Å²) in [6, 6.07) is 6.97. The van der Waals surface area contributed by atoms with Crippen molar-refractivity contribution in [3.05, 3.63) is 23.8 Å². The maximum absolute atomic E-state index is 12.7. The number of ether oxygens (including phenoxy) is 2. The lowest BCUT2D eigenvalue weighted by atomic mass is 10.1. The van der Waals surface area contributed by atoms with E-state index >= 15 is 0 Å². The number of fused-ring (bicyclic) bond motifs is 1. The van der Waals surface area contributed by atoms with Gasteiger partial charge in [-0.3, -0.25) is 4.79 Å². The minimum Gasteiger partial charge on any atom is -0.486 e. The van der Waals surface area contributed by atoms with Crippen LogP contribution in [0.25, 0.3) is 0 Å². The molecule has 1 atom stereocenters. The Morgan fingerprint density at radius 3 is 3.10 bits per heavy atom. The molecule has 1 fully saturated rings. The summed E-state index contributed by atoms with van der Waals surface area (Å²) in [4.78, 5) is 14.2. The maximum atomic E-state index is 12.7. The number of rotatable bonds is 1. The molecule has 2 aliphatic heterocycles. The van der Waals surface area contributed by atoms with E-state index in [1.165, 1.54) is 0 Å². The molecule has 0 saturated carbocycles. The molecule has 6 nitrogen and oxygen atoms in total. The van der Waals surface area contributed by atoms with Crippen molar-refractivity contribution < 1.29 is 14.3 Å². The summed E-state index contributed by atoms with van der Waals surface area (Å²) in [6.45, 7) is 2.62. The first-order valence-corrected chi connectivity index (χ1v) is 6.61. The van der Waals surface area contributed by atoms with Crippen molar-refractivity contribution in [3.8, 4) is 17.6 Å². The second kappa shape index (κ2) is 5.39. The number of benzene rings is 1. The predicted molar refractivity (Wildman–Crippen MR) is 70.7 cm³/mol. The Bertz CT molecular complexity index is 567. The average molecular weight is 273 g/mol. The Labute approximate surface area is 116 Å². The van der Waals surface area contributed by atoms with E-state index in [4.69, 9.17) is 14.7 Å². The fraction of sp³-hybridized carbons (Fsp3) is 0.429. The first-order chi connectivity index (χ1) is 9.81. The summed E-state index contributed by atoms with van der Waals surface area (Å²) >= 11 is 0. The second-order valence-corrected chi connectivity index (χ2v) is 4.68. The molecule has 0 bridgehead atoms. The molecule has 0 aromatic heterocycles. The van der Waals surface area contributed by atoms with Gasteiger partial charge in [0.1, 0.15) is 19.3 Å². The van der Waals surface area contributed by atoms with E-state index in [9.17, 15) is 4.79 Å². The zero-order valence-corrected chi connectivity index (χ0v) is 11.0. The Morgan fingerprint density at radius 1 is 1.40 bits per heavy atom. The van der Waals surface area contributed by atoms with Gasteiger partial charge in [-0.2, -0.15) is 5.26 Å². The summed E-state index contributed by atoms with van der Waals surface area (Å²) in [7, 11) is 0. The molecule has 1 saturated heterocycles. The van der Waals surface area contributed by atoms with Gasteiger partial charge in [0.05, 0.1) is 11.6 Å². The molecule has 1 amide bonds. The Hall–Kier alpha value is -2.26. The van der Waals surface area contributed by atoms with Crippen molar-refractivity contribution in [3.63, 3.8) is 0 Å². The highest BCUT2D eigenvalue weighted by molar-refractivity contribution is 5.98. The van der Waals surface area contributed by atoms with Crippen LogP contribution in [-0.4, -0.2) is 49.7 Å². The summed E-state index contributed by atoms with van der Waals surface area (Å²) in [5.41, 5.74) is 0.462. The van der Waals surface area contributed by atoms with E-state index in [2.05, 4.69) is 11.4 Å². The Morgan fingerprint density at radius 2 is 2.25 bits per heavy atom. The van der Waals surface area contributed by atoms with Gasteiger partial charge in [0.2, 0.25) is 0 Å². The highest BCUT2D eigenvalue weighted by atomic mass is 16.6. The minimum atomic E-state index is -0.448. The molecule has 104 valence electrons. The third-order valence-corrected chi connectivity index (χ3v) is 3.45. The monoisotopic (exact) mass is 273 g/mol. The molecular formula is C14H15N3O3. The van der Waals surface area contributed by atoms with Gasteiger partial charge < -0.3 is 19.7 Å². The van der Waals surface area contributed by atoms with E-state index in [1.54, 1.807) is 23.1 Å². The number of nitrogens with one attached hydrogen (secondary N) is 1. The van der Waals surface area contributed by atoms with Crippen LogP contribution in [0.2, 0.25) is 0 Å². The van der Waals surface area contributed by atoms with Crippen molar-refractivity contribution in [2.75, 3.05) is 32.8 Å². The number of piperazine rings is 1. The first kappa shape index (κ1) is 12.8. The predicted octanol–water partition coefficient (Wildman–Crippen LogP) is 0.395. The van der Waals surface area contributed by atoms with Crippen LogP contribution in [-0.2, 0) is 0 Å².